The number of ether oxygens (including phenoxy) is 3. The van der Waals surface area contributed by atoms with Crippen LogP contribution in [-0.2, 0) is 16.0 Å². The standard InChI is InChI=1S/C24H26N2O6S/c1-30-18-11-9-17(21(31-2)22(18)32-3)10-12-20(27)25-13-14-26-23(28)19(33-24(26)29)15-16-7-5-4-6-8-16/h4-9,11,15H,10,12-14H2,1-3H3,(H,25,27)/b19-15+. The van der Waals surface area contributed by atoms with E-state index in [-0.39, 0.29) is 36.6 Å². The fourth-order valence-corrected chi connectivity index (χ4v) is 4.26. The molecule has 3 rings (SSSR count). The van der Waals surface area contributed by atoms with Crippen molar-refractivity contribution in [1.29, 1.82) is 0 Å². The quantitative estimate of drug-likeness (QED) is 0.531. The normalized spacial score (nSPS) is 14.5. The molecule has 0 bridgehead atoms. The maximum Gasteiger partial charge on any atom is 0.293 e. The summed E-state index contributed by atoms with van der Waals surface area (Å²) in [5, 5.41) is 2.42. The number of thioether (sulfide) groups is 1. The van der Waals surface area contributed by atoms with Gasteiger partial charge in [-0.25, -0.2) is 0 Å². The lowest BCUT2D eigenvalue weighted by atomic mass is 10.1. The summed E-state index contributed by atoms with van der Waals surface area (Å²) in [5.41, 5.74) is 1.66. The van der Waals surface area contributed by atoms with E-state index < -0.39 is 0 Å². The Hall–Kier alpha value is -3.46. The van der Waals surface area contributed by atoms with Gasteiger partial charge >= 0.3 is 0 Å². The van der Waals surface area contributed by atoms with Crippen LogP contribution in [0.2, 0.25) is 0 Å². The molecule has 1 aliphatic rings. The van der Waals surface area contributed by atoms with Crippen LogP contribution in [-0.4, -0.2) is 56.4 Å². The molecule has 2 aromatic rings. The van der Waals surface area contributed by atoms with Crippen molar-refractivity contribution in [3.05, 3.63) is 58.5 Å². The van der Waals surface area contributed by atoms with Gasteiger partial charge in [0.25, 0.3) is 11.1 Å². The van der Waals surface area contributed by atoms with Gasteiger partial charge in [0, 0.05) is 19.5 Å². The first kappa shape index (κ1) is 24.2. The summed E-state index contributed by atoms with van der Waals surface area (Å²) in [6.07, 6.45) is 2.33. The highest BCUT2D eigenvalue weighted by Crippen LogP contribution is 2.40. The zero-order valence-corrected chi connectivity index (χ0v) is 19.6. The van der Waals surface area contributed by atoms with Gasteiger partial charge in [-0.3, -0.25) is 19.3 Å². The van der Waals surface area contributed by atoms with Gasteiger partial charge in [0.05, 0.1) is 26.2 Å². The molecule has 174 valence electrons. The Morgan fingerprint density at radius 2 is 1.73 bits per heavy atom. The van der Waals surface area contributed by atoms with Crippen molar-refractivity contribution >= 4 is 34.9 Å². The maximum absolute atomic E-state index is 12.6. The van der Waals surface area contributed by atoms with Gasteiger partial charge in [-0.1, -0.05) is 36.4 Å². The van der Waals surface area contributed by atoms with Crippen molar-refractivity contribution in [2.45, 2.75) is 12.8 Å². The van der Waals surface area contributed by atoms with E-state index in [0.717, 1.165) is 27.8 Å². The molecule has 1 fully saturated rings. The molecule has 1 N–H and O–H groups in total. The number of imide groups is 1. The van der Waals surface area contributed by atoms with Crippen molar-refractivity contribution in [1.82, 2.24) is 10.2 Å². The molecule has 8 nitrogen and oxygen atoms in total. The fraction of sp³-hybridized carbons (Fsp3) is 0.292. The number of nitrogens with zero attached hydrogens (tertiary/aromatic N) is 1. The van der Waals surface area contributed by atoms with Gasteiger partial charge in [-0.2, -0.15) is 0 Å². The Morgan fingerprint density at radius 3 is 2.39 bits per heavy atom. The number of nitrogens with one attached hydrogen (secondary N) is 1. The minimum Gasteiger partial charge on any atom is -0.493 e. The van der Waals surface area contributed by atoms with E-state index in [1.165, 1.54) is 14.2 Å². The average molecular weight is 471 g/mol. The van der Waals surface area contributed by atoms with Crippen LogP contribution in [0.15, 0.2) is 47.4 Å². The second-order valence-electron chi connectivity index (χ2n) is 7.09. The van der Waals surface area contributed by atoms with E-state index in [1.807, 2.05) is 36.4 Å². The summed E-state index contributed by atoms with van der Waals surface area (Å²) < 4.78 is 16.1. The summed E-state index contributed by atoms with van der Waals surface area (Å²) in [7, 11) is 4.60. The van der Waals surface area contributed by atoms with Crippen LogP contribution in [0.1, 0.15) is 17.5 Å². The van der Waals surface area contributed by atoms with Crippen molar-refractivity contribution in [2.24, 2.45) is 0 Å². The lowest BCUT2D eigenvalue weighted by molar-refractivity contribution is -0.124. The second-order valence-corrected chi connectivity index (χ2v) is 8.08. The Kier molecular flexibility index (Phi) is 8.37. The predicted octanol–water partition coefficient (Wildman–Crippen LogP) is 3.50. The maximum atomic E-state index is 12.6. The molecule has 0 aromatic heterocycles. The van der Waals surface area contributed by atoms with E-state index in [1.54, 1.807) is 19.3 Å². The lowest BCUT2D eigenvalue weighted by Gasteiger charge is -2.16. The number of hydrogen-bond acceptors (Lipinski definition) is 7. The van der Waals surface area contributed by atoms with Gasteiger partial charge in [0.1, 0.15) is 0 Å². The molecular formula is C24H26N2O6S. The SMILES string of the molecule is COc1ccc(CCC(=O)NCCN2C(=O)S/C(=C/c3ccccc3)C2=O)c(OC)c1OC. The number of carbonyl (C=O) groups excluding carboxylic acids is 3. The Labute approximate surface area is 196 Å². The second kappa shape index (κ2) is 11.4. The molecule has 0 spiro atoms. The van der Waals surface area contributed by atoms with Crippen LogP contribution in [0, 0.1) is 0 Å². The highest BCUT2D eigenvalue weighted by atomic mass is 32.2. The monoisotopic (exact) mass is 470 g/mol. The number of benzene rings is 2. The molecule has 2 aromatic carbocycles. The van der Waals surface area contributed by atoms with Crippen LogP contribution in [0.4, 0.5) is 4.79 Å². The fourth-order valence-electron chi connectivity index (χ4n) is 3.40. The molecule has 0 radical (unpaired) electrons. The first-order valence-corrected chi connectivity index (χ1v) is 11.1. The van der Waals surface area contributed by atoms with Crippen LogP contribution in [0.3, 0.4) is 0 Å². The first-order chi connectivity index (χ1) is 16.0. The molecule has 1 aliphatic heterocycles. The minimum atomic E-state index is -0.349. The van der Waals surface area contributed by atoms with E-state index in [9.17, 15) is 14.4 Å². The van der Waals surface area contributed by atoms with Crippen LogP contribution < -0.4 is 19.5 Å². The molecule has 0 atom stereocenters. The molecule has 9 heteroatoms. The smallest absolute Gasteiger partial charge is 0.293 e. The average Bonchev–Trinajstić information content (AvgIpc) is 3.09. The van der Waals surface area contributed by atoms with Crippen molar-refractivity contribution < 1.29 is 28.6 Å². The van der Waals surface area contributed by atoms with Crippen molar-refractivity contribution in [3.63, 3.8) is 0 Å². The topological polar surface area (TPSA) is 94.2 Å². The molecule has 0 unspecified atom stereocenters. The van der Waals surface area contributed by atoms with E-state index in [2.05, 4.69) is 5.32 Å². The van der Waals surface area contributed by atoms with Gasteiger partial charge < -0.3 is 19.5 Å². The molecular weight excluding hydrogens is 444 g/mol. The molecule has 1 saturated heterocycles. The Balaban J connectivity index is 1.51. The first-order valence-electron chi connectivity index (χ1n) is 10.3. The summed E-state index contributed by atoms with van der Waals surface area (Å²) in [6.45, 7) is 0.292. The zero-order chi connectivity index (χ0) is 23.8. The van der Waals surface area contributed by atoms with E-state index in [0.29, 0.717) is 28.6 Å². The van der Waals surface area contributed by atoms with Crippen molar-refractivity contribution in [3.8, 4) is 17.2 Å². The number of hydrogen-bond donors (Lipinski definition) is 1. The van der Waals surface area contributed by atoms with Gasteiger partial charge in [0.2, 0.25) is 11.7 Å². The summed E-state index contributed by atoms with van der Waals surface area (Å²) in [6, 6.07) is 12.9. The number of carbonyl (C=O) groups is 3. The molecule has 3 amide bonds. The van der Waals surface area contributed by atoms with Gasteiger partial charge in [-0.05, 0) is 41.5 Å². The summed E-state index contributed by atoms with van der Waals surface area (Å²) in [5.74, 6) is 0.992. The van der Waals surface area contributed by atoms with Gasteiger partial charge in [0.15, 0.2) is 11.5 Å². The Bertz CT molecular complexity index is 1050. The summed E-state index contributed by atoms with van der Waals surface area (Å²) >= 11 is 0.903. The van der Waals surface area contributed by atoms with Crippen LogP contribution >= 0.6 is 11.8 Å². The molecule has 0 aliphatic carbocycles. The molecule has 33 heavy (non-hydrogen) atoms. The third-order valence-corrected chi connectivity index (χ3v) is 5.94. The Morgan fingerprint density at radius 1 is 1.00 bits per heavy atom. The van der Waals surface area contributed by atoms with E-state index in [4.69, 9.17) is 14.2 Å². The number of methoxy groups -OCH3 is 3. The number of rotatable bonds is 10. The van der Waals surface area contributed by atoms with Crippen molar-refractivity contribution in [2.75, 3.05) is 34.4 Å². The third kappa shape index (κ3) is 5.87. The minimum absolute atomic E-state index is 0.113. The van der Waals surface area contributed by atoms with Crippen LogP contribution in [0.25, 0.3) is 6.08 Å². The number of aryl methyl sites for hydroxylation is 1. The zero-order valence-electron chi connectivity index (χ0n) is 18.8. The largest absolute Gasteiger partial charge is 0.493 e. The summed E-state index contributed by atoms with van der Waals surface area (Å²) in [4.78, 5) is 38.6. The third-order valence-electron chi connectivity index (χ3n) is 5.04. The highest BCUT2D eigenvalue weighted by molar-refractivity contribution is 8.18. The number of amides is 3. The van der Waals surface area contributed by atoms with Gasteiger partial charge in [-0.15, -0.1) is 0 Å². The van der Waals surface area contributed by atoms with E-state index >= 15 is 0 Å². The highest BCUT2D eigenvalue weighted by Gasteiger charge is 2.34. The molecule has 1 heterocycles. The molecule has 0 saturated carbocycles. The van der Waals surface area contributed by atoms with Crippen LogP contribution in [0.5, 0.6) is 17.2 Å². The lowest BCUT2D eigenvalue weighted by Crippen LogP contribution is -2.37. The predicted molar refractivity (Wildman–Crippen MR) is 127 cm³/mol.